The third-order valence-electron chi connectivity index (χ3n) is 3.12. The van der Waals surface area contributed by atoms with Gasteiger partial charge in [-0.25, -0.2) is 18.1 Å². The van der Waals surface area contributed by atoms with Crippen LogP contribution in [0.3, 0.4) is 0 Å². The molecule has 1 fully saturated rings. The molecule has 104 valence electrons. The first kappa shape index (κ1) is 14.2. The Bertz CT molecular complexity index is 590. The van der Waals surface area contributed by atoms with E-state index in [4.69, 9.17) is 16.7 Å². The van der Waals surface area contributed by atoms with Crippen LogP contribution in [-0.2, 0) is 14.8 Å². The highest BCUT2D eigenvalue weighted by Crippen LogP contribution is 2.27. The zero-order valence-electron chi connectivity index (χ0n) is 9.91. The van der Waals surface area contributed by atoms with Crippen LogP contribution in [0.25, 0.3) is 0 Å². The number of carbonyl (C=O) groups is 1. The maximum atomic E-state index is 12.1. The van der Waals surface area contributed by atoms with Gasteiger partial charge in [-0.2, -0.15) is 0 Å². The van der Waals surface area contributed by atoms with E-state index in [0.29, 0.717) is 19.3 Å². The van der Waals surface area contributed by atoms with Crippen molar-refractivity contribution in [1.82, 2.24) is 9.71 Å². The molecule has 0 bridgehead atoms. The lowest BCUT2D eigenvalue weighted by molar-refractivity contribution is -0.141. The van der Waals surface area contributed by atoms with Crippen LogP contribution in [-0.4, -0.2) is 30.5 Å². The van der Waals surface area contributed by atoms with Crippen molar-refractivity contribution in [3.05, 3.63) is 23.5 Å². The second kappa shape index (κ2) is 5.44. The number of halogens is 1. The molecule has 0 aliphatic heterocycles. The van der Waals surface area contributed by atoms with E-state index in [9.17, 15) is 13.2 Å². The number of pyridine rings is 1. The number of nitrogens with zero attached hydrogens (tertiary/aromatic N) is 1. The van der Waals surface area contributed by atoms with E-state index in [0.717, 1.165) is 0 Å². The number of aromatic nitrogens is 1. The van der Waals surface area contributed by atoms with Crippen molar-refractivity contribution in [3.63, 3.8) is 0 Å². The van der Waals surface area contributed by atoms with Crippen LogP contribution in [0.15, 0.2) is 23.2 Å². The molecule has 1 aliphatic carbocycles. The normalized spacial score (nSPS) is 23.4. The van der Waals surface area contributed by atoms with Crippen LogP contribution in [0.1, 0.15) is 19.3 Å². The molecule has 2 atom stereocenters. The van der Waals surface area contributed by atoms with E-state index in [2.05, 4.69) is 9.71 Å². The molecule has 0 saturated heterocycles. The lowest BCUT2D eigenvalue weighted by atomic mass is 10.1. The first-order valence-corrected chi connectivity index (χ1v) is 7.62. The summed E-state index contributed by atoms with van der Waals surface area (Å²) in [6.45, 7) is 0. The van der Waals surface area contributed by atoms with E-state index in [1.165, 1.54) is 18.3 Å². The van der Waals surface area contributed by atoms with Crippen molar-refractivity contribution in [2.24, 2.45) is 5.92 Å². The van der Waals surface area contributed by atoms with Gasteiger partial charge in [-0.1, -0.05) is 11.6 Å². The van der Waals surface area contributed by atoms with Gasteiger partial charge in [0.05, 0.1) is 5.92 Å². The number of sulfonamides is 1. The molecule has 2 N–H and O–H groups in total. The van der Waals surface area contributed by atoms with E-state index >= 15 is 0 Å². The Hall–Kier alpha value is -1.18. The van der Waals surface area contributed by atoms with Crippen LogP contribution in [0.4, 0.5) is 0 Å². The minimum Gasteiger partial charge on any atom is -0.481 e. The van der Waals surface area contributed by atoms with Gasteiger partial charge in [0, 0.05) is 12.2 Å². The zero-order valence-corrected chi connectivity index (χ0v) is 11.5. The fourth-order valence-corrected chi connectivity index (χ4v) is 3.90. The molecular formula is C11H13ClN2O4S. The van der Waals surface area contributed by atoms with E-state index in [-0.39, 0.29) is 16.1 Å². The summed E-state index contributed by atoms with van der Waals surface area (Å²) in [7, 11) is -3.76. The lowest BCUT2D eigenvalue weighted by Crippen LogP contribution is -2.33. The van der Waals surface area contributed by atoms with Crippen LogP contribution < -0.4 is 4.72 Å². The van der Waals surface area contributed by atoms with Crippen molar-refractivity contribution in [2.75, 3.05) is 0 Å². The molecule has 1 aromatic rings. The van der Waals surface area contributed by atoms with Gasteiger partial charge < -0.3 is 5.11 Å². The average Bonchev–Trinajstić information content (AvgIpc) is 2.77. The molecule has 1 saturated carbocycles. The van der Waals surface area contributed by atoms with Crippen LogP contribution in [0.5, 0.6) is 0 Å². The number of hydrogen-bond acceptors (Lipinski definition) is 4. The van der Waals surface area contributed by atoms with Crippen LogP contribution in [0, 0.1) is 5.92 Å². The lowest BCUT2D eigenvalue weighted by Gasteiger charge is -2.13. The van der Waals surface area contributed by atoms with Gasteiger partial charge in [-0.05, 0) is 31.4 Å². The molecular weight excluding hydrogens is 292 g/mol. The standard InChI is InChI=1S/C11H13ClN2O4S/c12-10-9(2-1-5-13-10)19(17,18)14-8-4-3-7(6-8)11(15)16/h1-2,5,7-8,14H,3-4,6H2,(H,15,16)/t7-,8+/m1/s1. The quantitative estimate of drug-likeness (QED) is 0.817. The van der Waals surface area contributed by atoms with E-state index in [1.54, 1.807) is 0 Å². The Labute approximate surface area is 115 Å². The summed E-state index contributed by atoms with van der Waals surface area (Å²) >= 11 is 5.75. The average molecular weight is 305 g/mol. The molecule has 0 unspecified atom stereocenters. The van der Waals surface area contributed by atoms with Crippen LogP contribution in [0.2, 0.25) is 5.15 Å². The third-order valence-corrected chi connectivity index (χ3v) is 5.08. The maximum Gasteiger partial charge on any atom is 0.306 e. The van der Waals surface area contributed by atoms with Gasteiger partial charge in [0.15, 0.2) is 0 Å². The summed E-state index contributed by atoms with van der Waals surface area (Å²) in [5.74, 6) is -1.38. The first-order valence-electron chi connectivity index (χ1n) is 5.76. The second-order valence-corrected chi connectivity index (χ2v) is 6.50. The molecule has 0 aromatic carbocycles. The molecule has 0 radical (unpaired) electrons. The van der Waals surface area contributed by atoms with Gasteiger partial charge in [-0.3, -0.25) is 4.79 Å². The topological polar surface area (TPSA) is 96.4 Å². The second-order valence-electron chi connectivity index (χ2n) is 4.46. The molecule has 1 aliphatic rings. The predicted octanol–water partition coefficient (Wildman–Crippen LogP) is 1.27. The highest BCUT2D eigenvalue weighted by atomic mass is 35.5. The SMILES string of the molecule is O=C(O)[C@@H]1CC[C@H](NS(=O)(=O)c2cccnc2Cl)C1. The Morgan fingerprint density at radius 3 is 2.79 bits per heavy atom. The summed E-state index contributed by atoms with van der Waals surface area (Å²) in [5.41, 5.74) is 0. The summed E-state index contributed by atoms with van der Waals surface area (Å²) < 4.78 is 26.7. The molecule has 2 rings (SSSR count). The van der Waals surface area contributed by atoms with Gasteiger partial charge in [0.2, 0.25) is 10.0 Å². The number of aliphatic carboxylic acids is 1. The van der Waals surface area contributed by atoms with Crippen molar-refractivity contribution >= 4 is 27.6 Å². The Kier molecular flexibility index (Phi) is 4.07. The minimum atomic E-state index is -3.76. The van der Waals surface area contributed by atoms with Crippen molar-refractivity contribution in [1.29, 1.82) is 0 Å². The predicted molar refractivity (Wildman–Crippen MR) is 68.3 cm³/mol. The molecule has 0 spiro atoms. The van der Waals surface area contributed by atoms with E-state index in [1.807, 2.05) is 0 Å². The third kappa shape index (κ3) is 3.23. The summed E-state index contributed by atoms with van der Waals surface area (Å²) in [6.07, 6.45) is 2.68. The fourth-order valence-electron chi connectivity index (χ4n) is 2.17. The van der Waals surface area contributed by atoms with Crippen molar-refractivity contribution in [2.45, 2.75) is 30.2 Å². The largest absolute Gasteiger partial charge is 0.481 e. The molecule has 1 heterocycles. The monoisotopic (exact) mass is 304 g/mol. The van der Waals surface area contributed by atoms with Gasteiger partial charge >= 0.3 is 5.97 Å². The number of carboxylic acid groups (broad SMARTS) is 1. The smallest absolute Gasteiger partial charge is 0.306 e. The first-order chi connectivity index (χ1) is 8.90. The number of rotatable bonds is 4. The Morgan fingerprint density at radius 1 is 1.47 bits per heavy atom. The summed E-state index contributed by atoms with van der Waals surface area (Å²) in [5, 5.41) is 8.79. The van der Waals surface area contributed by atoms with E-state index < -0.39 is 21.9 Å². The summed E-state index contributed by atoms with van der Waals surface area (Å²) in [6, 6.07) is 2.47. The Morgan fingerprint density at radius 2 is 2.21 bits per heavy atom. The summed E-state index contributed by atoms with van der Waals surface area (Å²) in [4.78, 5) is 14.5. The fraction of sp³-hybridized carbons (Fsp3) is 0.455. The van der Waals surface area contributed by atoms with Gasteiger partial charge in [-0.15, -0.1) is 0 Å². The highest BCUT2D eigenvalue weighted by molar-refractivity contribution is 7.89. The highest BCUT2D eigenvalue weighted by Gasteiger charge is 2.33. The van der Waals surface area contributed by atoms with Crippen molar-refractivity contribution in [3.8, 4) is 0 Å². The molecule has 6 nitrogen and oxygen atoms in total. The number of hydrogen-bond donors (Lipinski definition) is 2. The number of nitrogens with one attached hydrogen (secondary N) is 1. The van der Waals surface area contributed by atoms with Crippen molar-refractivity contribution < 1.29 is 18.3 Å². The molecule has 8 heteroatoms. The zero-order chi connectivity index (χ0) is 14.0. The molecule has 0 amide bonds. The minimum absolute atomic E-state index is 0.0876. The maximum absolute atomic E-state index is 12.1. The Balaban J connectivity index is 2.11. The molecule has 1 aromatic heterocycles. The number of carboxylic acids is 1. The van der Waals surface area contributed by atoms with Crippen LogP contribution >= 0.6 is 11.6 Å². The van der Waals surface area contributed by atoms with Gasteiger partial charge in [0.25, 0.3) is 0 Å². The molecule has 19 heavy (non-hydrogen) atoms. The van der Waals surface area contributed by atoms with Gasteiger partial charge in [0.1, 0.15) is 10.0 Å².